The molecule has 3 rings (SSSR count). The molecule has 1 aromatic carbocycles. The monoisotopic (exact) mass is 361 g/mol. The maximum Gasteiger partial charge on any atom is 0.253 e. The average molecular weight is 361 g/mol. The van der Waals surface area contributed by atoms with E-state index < -0.39 is 6.10 Å². The highest BCUT2D eigenvalue weighted by Crippen LogP contribution is 2.16. The summed E-state index contributed by atoms with van der Waals surface area (Å²) in [7, 11) is 0. The number of nitrogens with one attached hydrogen (secondary N) is 2. The lowest BCUT2D eigenvalue weighted by atomic mass is 10.1. The molecule has 25 heavy (non-hydrogen) atoms. The van der Waals surface area contributed by atoms with Gasteiger partial charge >= 0.3 is 0 Å². The average Bonchev–Trinajstić information content (AvgIpc) is 3.06. The Morgan fingerprint density at radius 1 is 1.52 bits per heavy atom. The number of aromatic nitrogens is 2. The number of benzene rings is 1. The number of H-pyrrole nitrogens is 1. The zero-order valence-corrected chi connectivity index (χ0v) is 15.1. The normalized spacial score (nSPS) is 18.7. The van der Waals surface area contributed by atoms with Crippen molar-refractivity contribution in [2.75, 3.05) is 18.5 Å². The first-order valence-corrected chi connectivity index (χ1v) is 8.95. The lowest BCUT2D eigenvalue weighted by molar-refractivity contribution is -0.130. The minimum Gasteiger partial charge on any atom is -0.376 e. The fourth-order valence-electron chi connectivity index (χ4n) is 2.77. The molecule has 1 aliphatic heterocycles. The third-order valence-corrected chi connectivity index (χ3v) is 4.53. The molecular weight excluding hydrogens is 338 g/mol. The SMILES string of the molecule is C[C@H](OC[C@H]1CCCCO1)C(=O)Nc1cccc(-n2cc[nH]c2=S)c1. The molecule has 1 fully saturated rings. The molecule has 1 saturated heterocycles. The summed E-state index contributed by atoms with van der Waals surface area (Å²) >= 11 is 5.22. The molecule has 0 spiro atoms. The van der Waals surface area contributed by atoms with Crippen molar-refractivity contribution < 1.29 is 14.3 Å². The van der Waals surface area contributed by atoms with Crippen molar-refractivity contribution in [3.8, 4) is 5.69 Å². The Balaban J connectivity index is 1.57. The number of anilines is 1. The minimum absolute atomic E-state index is 0.0998. The van der Waals surface area contributed by atoms with Crippen LogP contribution in [0.2, 0.25) is 0 Å². The number of imidazole rings is 1. The molecule has 7 heteroatoms. The van der Waals surface area contributed by atoms with Gasteiger partial charge in [0.2, 0.25) is 0 Å². The number of amides is 1. The van der Waals surface area contributed by atoms with Crippen LogP contribution in [0.5, 0.6) is 0 Å². The third kappa shape index (κ3) is 4.78. The van der Waals surface area contributed by atoms with E-state index in [1.54, 1.807) is 13.1 Å². The molecule has 0 unspecified atom stereocenters. The minimum atomic E-state index is -0.538. The molecule has 0 bridgehead atoms. The van der Waals surface area contributed by atoms with Gasteiger partial charge < -0.3 is 19.8 Å². The van der Waals surface area contributed by atoms with E-state index in [9.17, 15) is 4.79 Å². The molecule has 0 saturated carbocycles. The van der Waals surface area contributed by atoms with Gasteiger partial charge in [0.05, 0.1) is 12.7 Å². The number of carbonyl (C=O) groups is 1. The highest BCUT2D eigenvalue weighted by Gasteiger charge is 2.19. The maximum atomic E-state index is 12.3. The van der Waals surface area contributed by atoms with Crippen molar-refractivity contribution in [3.05, 3.63) is 41.4 Å². The molecule has 1 aromatic heterocycles. The smallest absolute Gasteiger partial charge is 0.253 e. The fourth-order valence-corrected chi connectivity index (χ4v) is 3.00. The molecule has 2 atom stereocenters. The van der Waals surface area contributed by atoms with Gasteiger partial charge in [-0.1, -0.05) is 6.07 Å². The number of ether oxygens (including phenoxy) is 2. The topological polar surface area (TPSA) is 68.3 Å². The third-order valence-electron chi connectivity index (χ3n) is 4.22. The van der Waals surface area contributed by atoms with Gasteiger partial charge in [0, 0.05) is 30.4 Å². The molecule has 134 valence electrons. The maximum absolute atomic E-state index is 12.3. The van der Waals surface area contributed by atoms with Gasteiger partial charge in [0.25, 0.3) is 5.91 Å². The Labute approximate surface area is 152 Å². The predicted molar refractivity (Wildman–Crippen MR) is 98.6 cm³/mol. The molecule has 0 radical (unpaired) electrons. The summed E-state index contributed by atoms with van der Waals surface area (Å²) in [6, 6.07) is 7.52. The van der Waals surface area contributed by atoms with Gasteiger partial charge in [-0.25, -0.2) is 0 Å². The van der Waals surface area contributed by atoms with Crippen LogP contribution in [-0.4, -0.2) is 40.9 Å². The van der Waals surface area contributed by atoms with Crippen molar-refractivity contribution in [2.45, 2.75) is 38.4 Å². The van der Waals surface area contributed by atoms with Gasteiger partial charge in [-0.2, -0.15) is 0 Å². The highest BCUT2D eigenvalue weighted by molar-refractivity contribution is 7.71. The lowest BCUT2D eigenvalue weighted by Gasteiger charge is -2.24. The van der Waals surface area contributed by atoms with Crippen LogP contribution in [0.25, 0.3) is 5.69 Å². The summed E-state index contributed by atoms with van der Waals surface area (Å²) in [5, 5.41) is 2.89. The largest absolute Gasteiger partial charge is 0.376 e. The number of hydrogen-bond acceptors (Lipinski definition) is 4. The molecule has 1 aliphatic rings. The molecule has 1 amide bonds. The van der Waals surface area contributed by atoms with Crippen LogP contribution in [-0.2, 0) is 14.3 Å². The van der Waals surface area contributed by atoms with Crippen LogP contribution < -0.4 is 5.32 Å². The molecule has 2 aromatic rings. The fraction of sp³-hybridized carbons (Fsp3) is 0.444. The van der Waals surface area contributed by atoms with E-state index in [4.69, 9.17) is 21.7 Å². The molecule has 6 nitrogen and oxygen atoms in total. The molecule has 0 aliphatic carbocycles. The highest BCUT2D eigenvalue weighted by atomic mass is 32.1. The van der Waals surface area contributed by atoms with Crippen LogP contribution in [0.3, 0.4) is 0 Å². The number of aromatic amines is 1. The number of nitrogens with zero attached hydrogens (tertiary/aromatic N) is 1. The second-order valence-corrected chi connectivity index (χ2v) is 6.53. The predicted octanol–water partition coefficient (Wildman–Crippen LogP) is 3.45. The quantitative estimate of drug-likeness (QED) is 0.774. The Morgan fingerprint density at radius 2 is 2.40 bits per heavy atom. The van der Waals surface area contributed by atoms with E-state index in [0.29, 0.717) is 17.1 Å². The zero-order chi connectivity index (χ0) is 17.6. The van der Waals surface area contributed by atoms with Crippen LogP contribution in [0.4, 0.5) is 5.69 Å². The number of carbonyl (C=O) groups excluding carboxylic acids is 1. The van der Waals surface area contributed by atoms with E-state index in [1.165, 1.54) is 0 Å². The van der Waals surface area contributed by atoms with Gasteiger partial charge in [-0.05, 0) is 56.6 Å². The van der Waals surface area contributed by atoms with Crippen LogP contribution in [0, 0.1) is 4.77 Å². The lowest BCUT2D eigenvalue weighted by Crippen LogP contribution is -2.32. The van der Waals surface area contributed by atoms with E-state index >= 15 is 0 Å². The van der Waals surface area contributed by atoms with E-state index in [0.717, 1.165) is 31.6 Å². The van der Waals surface area contributed by atoms with Gasteiger partial charge in [-0.3, -0.25) is 9.36 Å². The Morgan fingerprint density at radius 3 is 3.12 bits per heavy atom. The first-order valence-electron chi connectivity index (χ1n) is 8.54. The summed E-state index contributed by atoms with van der Waals surface area (Å²) in [4.78, 5) is 15.3. The van der Waals surface area contributed by atoms with Crippen LogP contribution >= 0.6 is 12.2 Å². The summed E-state index contributed by atoms with van der Waals surface area (Å²) in [5.74, 6) is -0.175. The Kier molecular flexibility index (Phi) is 6.01. The first-order chi connectivity index (χ1) is 12.1. The number of rotatable bonds is 6. The Bertz CT molecular complexity index is 765. The van der Waals surface area contributed by atoms with Crippen LogP contribution in [0.15, 0.2) is 36.7 Å². The van der Waals surface area contributed by atoms with Crippen molar-refractivity contribution in [3.63, 3.8) is 0 Å². The summed E-state index contributed by atoms with van der Waals surface area (Å²) < 4.78 is 13.7. The molecular formula is C18H23N3O3S. The van der Waals surface area contributed by atoms with Crippen molar-refractivity contribution in [2.24, 2.45) is 0 Å². The van der Waals surface area contributed by atoms with E-state index in [2.05, 4.69) is 10.3 Å². The van der Waals surface area contributed by atoms with Gasteiger partial charge in [0.1, 0.15) is 6.10 Å². The zero-order valence-electron chi connectivity index (χ0n) is 14.2. The summed E-state index contributed by atoms with van der Waals surface area (Å²) in [5.41, 5.74) is 1.59. The number of hydrogen-bond donors (Lipinski definition) is 2. The van der Waals surface area contributed by atoms with Gasteiger partial charge in [0.15, 0.2) is 4.77 Å². The Hall–Kier alpha value is -1.96. The molecule has 2 N–H and O–H groups in total. The van der Waals surface area contributed by atoms with Crippen molar-refractivity contribution >= 4 is 23.8 Å². The van der Waals surface area contributed by atoms with Crippen molar-refractivity contribution in [1.29, 1.82) is 0 Å². The van der Waals surface area contributed by atoms with Gasteiger partial charge in [-0.15, -0.1) is 0 Å². The standard InChI is InChI=1S/C18H23N3O3S/c1-13(24-12-16-7-2-3-10-23-16)17(22)20-14-5-4-6-15(11-14)21-9-8-19-18(21)25/h4-6,8-9,11,13,16H,2-3,7,10,12H2,1H3,(H,19,25)(H,20,22)/t13-,16+/m0/s1. The van der Waals surface area contributed by atoms with Crippen LogP contribution in [0.1, 0.15) is 26.2 Å². The van der Waals surface area contributed by atoms with Crippen molar-refractivity contribution in [1.82, 2.24) is 9.55 Å². The van der Waals surface area contributed by atoms with E-state index in [-0.39, 0.29) is 12.0 Å². The summed E-state index contributed by atoms with van der Waals surface area (Å²) in [6.45, 7) is 2.99. The summed E-state index contributed by atoms with van der Waals surface area (Å²) in [6.07, 6.45) is 6.44. The first kappa shape index (κ1) is 17.8. The van der Waals surface area contributed by atoms with E-state index in [1.807, 2.05) is 35.0 Å². The second-order valence-electron chi connectivity index (χ2n) is 6.14. The molecule has 2 heterocycles. The second kappa shape index (κ2) is 8.42.